The number of benzene rings is 8. The Bertz CT molecular complexity index is 2840. The highest BCUT2D eigenvalue weighted by molar-refractivity contribution is 6.14. The minimum Gasteiger partial charge on any atom is -0.456 e. The first-order valence-electron chi connectivity index (χ1n) is 18.3. The van der Waals surface area contributed by atoms with Crippen molar-refractivity contribution < 1.29 is 4.42 Å². The molecule has 0 atom stereocenters. The molecule has 0 aliphatic heterocycles. The highest BCUT2D eigenvalue weighted by Gasteiger charge is 2.20. The van der Waals surface area contributed by atoms with Crippen LogP contribution in [0.5, 0.6) is 0 Å². The normalized spacial score (nSPS) is 12.0. The molecule has 0 unspecified atom stereocenters. The number of furan rings is 1. The van der Waals surface area contributed by atoms with Crippen LogP contribution in [-0.2, 0) is 6.54 Å². The first-order valence-corrected chi connectivity index (χ1v) is 18.3. The summed E-state index contributed by atoms with van der Waals surface area (Å²) in [7, 11) is 0. The van der Waals surface area contributed by atoms with Crippen LogP contribution < -0.4 is 4.90 Å². The lowest BCUT2D eigenvalue weighted by Gasteiger charge is -2.27. The Balaban J connectivity index is 1.13. The van der Waals surface area contributed by atoms with Gasteiger partial charge < -0.3 is 9.32 Å². The number of hydrogen-bond donors (Lipinski definition) is 0. The molecule has 0 N–H and O–H groups in total. The Kier molecular flexibility index (Phi) is 9.09. The molecular formula is C50H36N4O. The second-order valence-electron chi connectivity index (χ2n) is 13.3. The number of hydrogen-bond acceptors (Lipinski definition) is 3. The van der Waals surface area contributed by atoms with E-state index in [9.17, 15) is 0 Å². The molecule has 9 aromatic rings. The molecule has 1 aromatic heterocycles. The minimum atomic E-state index is 0.407. The molecule has 5 heteroatoms. The summed E-state index contributed by atoms with van der Waals surface area (Å²) in [6.07, 6.45) is 0. The lowest BCUT2D eigenvalue weighted by atomic mass is 10.0. The van der Waals surface area contributed by atoms with Gasteiger partial charge in [0.1, 0.15) is 11.2 Å². The number of rotatable bonds is 8. The van der Waals surface area contributed by atoms with E-state index in [1.807, 2.05) is 72.8 Å². The second-order valence-corrected chi connectivity index (χ2v) is 13.3. The van der Waals surface area contributed by atoms with Gasteiger partial charge in [0, 0.05) is 27.9 Å². The Morgan fingerprint density at radius 1 is 0.509 bits per heavy atom. The summed E-state index contributed by atoms with van der Waals surface area (Å²) in [6, 6.07) is 66.9. The predicted molar refractivity (Wildman–Crippen MR) is 231 cm³/mol. The van der Waals surface area contributed by atoms with Crippen LogP contribution in [-0.4, -0.2) is 18.4 Å². The average molecular weight is 709 g/mol. The van der Waals surface area contributed by atoms with Crippen molar-refractivity contribution in [2.24, 2.45) is 15.0 Å². The summed E-state index contributed by atoms with van der Waals surface area (Å²) in [5, 5.41) is 4.46. The molecule has 1 heterocycles. The van der Waals surface area contributed by atoms with Crippen molar-refractivity contribution in [2.75, 3.05) is 4.90 Å². The molecule has 0 amide bonds. The molecule has 0 radical (unpaired) electrons. The Morgan fingerprint density at radius 3 is 1.87 bits per heavy atom. The fourth-order valence-electron chi connectivity index (χ4n) is 7.14. The van der Waals surface area contributed by atoms with E-state index in [1.54, 1.807) is 0 Å². The largest absolute Gasteiger partial charge is 0.456 e. The first kappa shape index (κ1) is 33.5. The maximum atomic E-state index is 6.61. The summed E-state index contributed by atoms with van der Waals surface area (Å²) in [5.74, 6) is 1.11. The number of aliphatic imine (C=N–C) groups is 3. The fraction of sp³-hybridized carbons (Fsp3) is 0.0200. The van der Waals surface area contributed by atoms with E-state index in [4.69, 9.17) is 14.4 Å². The van der Waals surface area contributed by atoms with Gasteiger partial charge in [-0.05, 0) is 76.6 Å². The maximum absolute atomic E-state index is 6.61. The van der Waals surface area contributed by atoms with E-state index in [0.717, 1.165) is 55.7 Å². The third kappa shape index (κ3) is 6.83. The van der Waals surface area contributed by atoms with Crippen LogP contribution in [0.3, 0.4) is 0 Å². The first-order chi connectivity index (χ1) is 27.2. The van der Waals surface area contributed by atoms with Crippen LogP contribution in [0.2, 0.25) is 0 Å². The van der Waals surface area contributed by atoms with Gasteiger partial charge in [-0.1, -0.05) is 152 Å². The van der Waals surface area contributed by atoms with Gasteiger partial charge >= 0.3 is 0 Å². The van der Waals surface area contributed by atoms with Crippen molar-refractivity contribution in [3.8, 4) is 11.1 Å². The van der Waals surface area contributed by atoms with E-state index in [2.05, 4.69) is 138 Å². The number of nitrogens with zero attached hydrogens (tertiary/aromatic N) is 4. The zero-order valence-electron chi connectivity index (χ0n) is 30.1. The summed E-state index contributed by atoms with van der Waals surface area (Å²) in [5.41, 5.74) is 9.93. The Hall–Kier alpha value is -7.37. The Labute approximate surface area is 319 Å². The molecule has 262 valence electrons. The van der Waals surface area contributed by atoms with Gasteiger partial charge in [0.05, 0.1) is 17.6 Å². The van der Waals surface area contributed by atoms with Crippen LogP contribution in [0.15, 0.2) is 214 Å². The lowest BCUT2D eigenvalue weighted by molar-refractivity contribution is 0.668. The number of fused-ring (bicyclic) bond motifs is 4. The van der Waals surface area contributed by atoms with Crippen LogP contribution in [0, 0.1) is 0 Å². The summed E-state index contributed by atoms with van der Waals surface area (Å²) >= 11 is 0. The van der Waals surface area contributed by atoms with E-state index in [-0.39, 0.29) is 0 Å². The van der Waals surface area contributed by atoms with Crippen molar-refractivity contribution >= 4 is 68.2 Å². The van der Waals surface area contributed by atoms with Crippen LogP contribution in [0.4, 0.5) is 17.1 Å². The monoisotopic (exact) mass is 708 g/mol. The van der Waals surface area contributed by atoms with Crippen molar-refractivity contribution in [1.82, 2.24) is 0 Å². The van der Waals surface area contributed by atoms with Crippen molar-refractivity contribution in [3.63, 3.8) is 0 Å². The molecule has 0 aliphatic carbocycles. The van der Waals surface area contributed by atoms with Crippen molar-refractivity contribution in [1.29, 1.82) is 0 Å². The molecule has 0 saturated carbocycles. The zero-order valence-corrected chi connectivity index (χ0v) is 30.1. The molecule has 0 spiro atoms. The molecule has 0 aliphatic rings. The van der Waals surface area contributed by atoms with Gasteiger partial charge in [0.15, 0.2) is 11.7 Å². The maximum Gasteiger partial charge on any atom is 0.161 e. The standard InChI is InChI=1S/C50H36N4O/c1-51-49(39-17-7-3-8-18-39)53-50(40-19-9-4-10-20-40)52-34-35-24-31-44-47(32-35)55-46-23-13-22-45(48(44)46)54(43-30-27-37-16-11-12-21-41(37)33-43)42-28-25-38(26-29-42)36-14-5-2-6-15-36/h2-33H,1,34H2. The Morgan fingerprint density at radius 2 is 1.15 bits per heavy atom. The zero-order chi connectivity index (χ0) is 37.0. The van der Waals surface area contributed by atoms with Gasteiger partial charge in [-0.3, -0.25) is 4.99 Å². The van der Waals surface area contributed by atoms with E-state index >= 15 is 0 Å². The summed E-state index contributed by atoms with van der Waals surface area (Å²) in [4.78, 5) is 16.5. The van der Waals surface area contributed by atoms with Gasteiger partial charge in [-0.2, -0.15) is 0 Å². The molecule has 0 saturated heterocycles. The average Bonchev–Trinajstić information content (AvgIpc) is 3.64. The minimum absolute atomic E-state index is 0.407. The van der Waals surface area contributed by atoms with E-state index in [1.165, 1.54) is 21.9 Å². The lowest BCUT2D eigenvalue weighted by Crippen LogP contribution is -2.10. The van der Waals surface area contributed by atoms with Crippen LogP contribution >= 0.6 is 0 Å². The second kappa shape index (κ2) is 14.9. The molecule has 0 bridgehead atoms. The summed E-state index contributed by atoms with van der Waals surface area (Å²) in [6.45, 7) is 4.20. The van der Waals surface area contributed by atoms with Crippen LogP contribution in [0.25, 0.3) is 43.8 Å². The smallest absolute Gasteiger partial charge is 0.161 e. The molecular weight excluding hydrogens is 673 g/mol. The number of anilines is 3. The van der Waals surface area contributed by atoms with Crippen molar-refractivity contribution in [2.45, 2.75) is 6.54 Å². The van der Waals surface area contributed by atoms with Crippen molar-refractivity contribution in [3.05, 3.63) is 211 Å². The molecule has 5 nitrogen and oxygen atoms in total. The molecule has 0 fully saturated rings. The SMILES string of the molecule is C=NC(=NC(=NCc1ccc2c(c1)oc1cccc(N(c3ccc(-c4ccccc4)cc3)c3ccc4ccccc4c3)c12)c1ccccc1)c1ccccc1. The van der Waals surface area contributed by atoms with E-state index < -0.39 is 0 Å². The van der Waals surface area contributed by atoms with Crippen LogP contribution in [0.1, 0.15) is 16.7 Å². The third-order valence-electron chi connectivity index (χ3n) is 9.84. The van der Waals surface area contributed by atoms with Gasteiger partial charge in [-0.25, -0.2) is 9.98 Å². The molecule has 55 heavy (non-hydrogen) atoms. The molecule has 8 aromatic carbocycles. The van der Waals surface area contributed by atoms with Gasteiger partial charge in [0.25, 0.3) is 0 Å². The predicted octanol–water partition coefficient (Wildman–Crippen LogP) is 13.0. The highest BCUT2D eigenvalue weighted by Crippen LogP contribution is 2.44. The highest BCUT2D eigenvalue weighted by atomic mass is 16.3. The topological polar surface area (TPSA) is 53.5 Å². The van der Waals surface area contributed by atoms with Gasteiger partial charge in [0.2, 0.25) is 0 Å². The summed E-state index contributed by atoms with van der Waals surface area (Å²) < 4.78 is 6.61. The van der Waals surface area contributed by atoms with Gasteiger partial charge in [-0.15, -0.1) is 0 Å². The number of amidine groups is 2. The van der Waals surface area contributed by atoms with E-state index in [0.29, 0.717) is 18.2 Å². The molecule has 9 rings (SSSR count). The third-order valence-corrected chi connectivity index (χ3v) is 9.84. The quantitative estimate of drug-likeness (QED) is 0.117. The fourth-order valence-corrected chi connectivity index (χ4v) is 7.14.